The molecule has 0 aromatic heterocycles. The van der Waals surface area contributed by atoms with Gasteiger partial charge in [-0.15, -0.1) is 0 Å². The van der Waals surface area contributed by atoms with Crippen LogP contribution in [-0.2, 0) is 19.1 Å². The largest absolute Gasteiger partial charge is 0.466 e. The Morgan fingerprint density at radius 1 is 0.562 bits per heavy atom. The van der Waals surface area contributed by atoms with Gasteiger partial charge in [0.2, 0.25) is 0 Å². The van der Waals surface area contributed by atoms with Crippen molar-refractivity contribution in [2.24, 2.45) is 5.92 Å². The van der Waals surface area contributed by atoms with E-state index in [0.29, 0.717) is 19.1 Å². The van der Waals surface area contributed by atoms with Crippen molar-refractivity contribution in [3.63, 3.8) is 0 Å². The summed E-state index contributed by atoms with van der Waals surface area (Å²) in [4.78, 5) is 23.3. The Labute approximate surface area is 199 Å². The molecule has 0 fully saturated rings. The fraction of sp³-hybridized carbons (Fsp3) is 0.929. The molecule has 0 amide bonds. The van der Waals surface area contributed by atoms with E-state index in [-0.39, 0.29) is 24.8 Å². The summed E-state index contributed by atoms with van der Waals surface area (Å²) in [5, 5.41) is 0. The summed E-state index contributed by atoms with van der Waals surface area (Å²) < 4.78 is 10.4. The first kappa shape index (κ1) is 30.9. The summed E-state index contributed by atoms with van der Waals surface area (Å²) >= 11 is 0. The van der Waals surface area contributed by atoms with Crippen molar-refractivity contribution in [3.05, 3.63) is 0 Å². The van der Waals surface area contributed by atoms with E-state index in [1.807, 2.05) is 0 Å². The lowest BCUT2D eigenvalue weighted by Crippen LogP contribution is -2.12. The van der Waals surface area contributed by atoms with Crippen molar-refractivity contribution in [1.82, 2.24) is 0 Å². The van der Waals surface area contributed by atoms with Gasteiger partial charge in [-0.3, -0.25) is 9.59 Å². The van der Waals surface area contributed by atoms with E-state index >= 15 is 0 Å². The smallest absolute Gasteiger partial charge is 0.306 e. The zero-order chi connectivity index (χ0) is 23.7. The maximum absolute atomic E-state index is 11.7. The Morgan fingerprint density at radius 3 is 1.34 bits per heavy atom. The molecule has 4 nitrogen and oxygen atoms in total. The Kier molecular flexibility index (Phi) is 23.8. The van der Waals surface area contributed by atoms with E-state index in [1.54, 1.807) is 0 Å². The number of hydrogen-bond donors (Lipinski definition) is 0. The first-order chi connectivity index (χ1) is 15.6. The molecule has 190 valence electrons. The average molecular weight is 455 g/mol. The molecule has 0 aromatic rings. The van der Waals surface area contributed by atoms with Gasteiger partial charge in [-0.1, -0.05) is 124 Å². The third-order valence-corrected chi connectivity index (χ3v) is 6.36. The van der Waals surface area contributed by atoms with Gasteiger partial charge in [-0.25, -0.2) is 0 Å². The zero-order valence-electron chi connectivity index (χ0n) is 21.8. The maximum atomic E-state index is 11.7. The second kappa shape index (κ2) is 24.6. The molecule has 0 spiro atoms. The highest BCUT2D eigenvalue weighted by Crippen LogP contribution is 2.14. The van der Waals surface area contributed by atoms with Crippen molar-refractivity contribution in [2.75, 3.05) is 13.2 Å². The minimum absolute atomic E-state index is 0.123. The van der Waals surface area contributed by atoms with Crippen LogP contribution in [0.4, 0.5) is 0 Å². The molecule has 4 heteroatoms. The van der Waals surface area contributed by atoms with E-state index < -0.39 is 0 Å². The fourth-order valence-electron chi connectivity index (χ4n) is 3.76. The molecule has 32 heavy (non-hydrogen) atoms. The zero-order valence-corrected chi connectivity index (χ0v) is 21.8. The van der Waals surface area contributed by atoms with Gasteiger partial charge >= 0.3 is 11.9 Å². The highest BCUT2D eigenvalue weighted by molar-refractivity contribution is 5.77. The Balaban J connectivity index is 3.26. The molecule has 1 atom stereocenters. The molecule has 0 saturated heterocycles. The van der Waals surface area contributed by atoms with Crippen molar-refractivity contribution >= 4 is 11.9 Å². The minimum Gasteiger partial charge on any atom is -0.466 e. The predicted molar refractivity (Wildman–Crippen MR) is 135 cm³/mol. The van der Waals surface area contributed by atoms with Crippen LogP contribution in [0.2, 0.25) is 0 Å². The van der Waals surface area contributed by atoms with Crippen LogP contribution in [0.25, 0.3) is 0 Å². The van der Waals surface area contributed by atoms with Crippen LogP contribution >= 0.6 is 0 Å². The summed E-state index contributed by atoms with van der Waals surface area (Å²) in [6.45, 7) is 7.46. The van der Waals surface area contributed by atoms with Gasteiger partial charge in [0.25, 0.3) is 0 Å². The molecular weight excluding hydrogens is 400 g/mol. The molecule has 0 aliphatic carbocycles. The van der Waals surface area contributed by atoms with Crippen molar-refractivity contribution in [1.29, 1.82) is 0 Å². The molecule has 0 saturated carbocycles. The SMILES string of the molecule is CCCCCCCCCCCCCCCCCCOC(=O)CCC(=O)OCCC(C)CC. The van der Waals surface area contributed by atoms with Gasteiger partial charge < -0.3 is 9.47 Å². The fourth-order valence-corrected chi connectivity index (χ4v) is 3.76. The van der Waals surface area contributed by atoms with Crippen LogP contribution in [0.1, 0.15) is 149 Å². The van der Waals surface area contributed by atoms with Crippen LogP contribution in [0.5, 0.6) is 0 Å². The summed E-state index contributed by atoms with van der Waals surface area (Å²) in [5.74, 6) is -0.0232. The number of hydrogen-bond acceptors (Lipinski definition) is 4. The quantitative estimate of drug-likeness (QED) is 0.108. The molecule has 1 unspecified atom stereocenters. The Hall–Kier alpha value is -1.06. The second-order valence-corrected chi connectivity index (χ2v) is 9.55. The van der Waals surface area contributed by atoms with Crippen LogP contribution < -0.4 is 0 Å². The predicted octanol–water partition coefficient (Wildman–Crippen LogP) is 8.55. The van der Waals surface area contributed by atoms with Gasteiger partial charge in [0.1, 0.15) is 0 Å². The molecule has 0 aliphatic rings. The van der Waals surface area contributed by atoms with Gasteiger partial charge in [-0.2, -0.15) is 0 Å². The molecule has 0 heterocycles. The van der Waals surface area contributed by atoms with Crippen LogP contribution in [-0.4, -0.2) is 25.2 Å². The van der Waals surface area contributed by atoms with Gasteiger partial charge in [-0.05, 0) is 18.8 Å². The average Bonchev–Trinajstić information content (AvgIpc) is 2.79. The van der Waals surface area contributed by atoms with Crippen LogP contribution in [0, 0.1) is 5.92 Å². The van der Waals surface area contributed by atoms with E-state index in [0.717, 1.165) is 25.7 Å². The molecule has 0 radical (unpaired) electrons. The van der Waals surface area contributed by atoms with Crippen LogP contribution in [0.15, 0.2) is 0 Å². The lowest BCUT2D eigenvalue weighted by Gasteiger charge is -2.09. The molecular formula is C28H54O4. The van der Waals surface area contributed by atoms with Crippen LogP contribution in [0.3, 0.4) is 0 Å². The molecule has 0 aliphatic heterocycles. The monoisotopic (exact) mass is 454 g/mol. The summed E-state index contributed by atoms with van der Waals surface area (Å²) in [6.07, 6.45) is 23.5. The number of carbonyl (C=O) groups is 2. The Bertz CT molecular complexity index is 422. The second-order valence-electron chi connectivity index (χ2n) is 9.55. The van der Waals surface area contributed by atoms with Gasteiger partial charge in [0, 0.05) is 0 Å². The minimum atomic E-state index is -0.298. The first-order valence-corrected chi connectivity index (χ1v) is 13.9. The number of carbonyl (C=O) groups excluding carboxylic acids is 2. The summed E-state index contributed by atoms with van der Waals surface area (Å²) in [6, 6.07) is 0. The van der Waals surface area contributed by atoms with E-state index in [1.165, 1.54) is 89.9 Å². The number of esters is 2. The standard InChI is InChI=1S/C28H54O4/c1-4-6-7-8-9-10-11-12-13-14-15-16-17-18-19-20-24-31-27(29)21-22-28(30)32-25-23-26(3)5-2/h26H,4-25H2,1-3H3. The molecule has 0 aromatic carbocycles. The lowest BCUT2D eigenvalue weighted by atomic mass is 10.0. The third kappa shape index (κ3) is 23.6. The first-order valence-electron chi connectivity index (χ1n) is 13.9. The van der Waals surface area contributed by atoms with E-state index in [4.69, 9.17) is 9.47 Å². The van der Waals surface area contributed by atoms with Crippen molar-refractivity contribution in [3.8, 4) is 0 Å². The molecule has 0 N–H and O–H groups in total. The third-order valence-electron chi connectivity index (χ3n) is 6.36. The van der Waals surface area contributed by atoms with Gasteiger partial charge in [0.15, 0.2) is 0 Å². The topological polar surface area (TPSA) is 52.6 Å². The Morgan fingerprint density at radius 2 is 0.938 bits per heavy atom. The lowest BCUT2D eigenvalue weighted by molar-refractivity contribution is -0.150. The number of ether oxygens (including phenoxy) is 2. The summed E-state index contributed by atoms with van der Waals surface area (Å²) in [7, 11) is 0. The highest BCUT2D eigenvalue weighted by Gasteiger charge is 2.09. The number of rotatable bonds is 24. The van der Waals surface area contributed by atoms with E-state index in [9.17, 15) is 9.59 Å². The van der Waals surface area contributed by atoms with E-state index in [2.05, 4.69) is 20.8 Å². The number of unbranched alkanes of at least 4 members (excludes halogenated alkanes) is 15. The summed E-state index contributed by atoms with van der Waals surface area (Å²) in [5.41, 5.74) is 0. The molecule has 0 bridgehead atoms. The maximum Gasteiger partial charge on any atom is 0.306 e. The normalized spacial score (nSPS) is 12.0. The van der Waals surface area contributed by atoms with Crippen molar-refractivity contribution < 1.29 is 19.1 Å². The van der Waals surface area contributed by atoms with Gasteiger partial charge in [0.05, 0.1) is 26.1 Å². The van der Waals surface area contributed by atoms with Crippen molar-refractivity contribution in [2.45, 2.75) is 149 Å². The molecule has 0 rings (SSSR count). The highest BCUT2D eigenvalue weighted by atomic mass is 16.5.